The van der Waals surface area contributed by atoms with Crippen molar-refractivity contribution in [2.24, 2.45) is 0 Å². The lowest BCUT2D eigenvalue weighted by atomic mass is 10.2. The molecule has 0 fully saturated rings. The largest absolute Gasteiger partial charge is 0.421 e. The van der Waals surface area contributed by atoms with Gasteiger partial charge in [-0.15, -0.1) is 0 Å². The van der Waals surface area contributed by atoms with Crippen LogP contribution in [0.2, 0.25) is 0 Å². The molecule has 2 aromatic rings. The Morgan fingerprint density at radius 2 is 2.05 bits per heavy atom. The highest BCUT2D eigenvalue weighted by Crippen LogP contribution is 2.25. The van der Waals surface area contributed by atoms with Crippen LogP contribution in [0, 0.1) is 10.1 Å². The van der Waals surface area contributed by atoms with Crippen LogP contribution in [0.1, 0.15) is 5.56 Å². The number of hydrogen-bond acceptors (Lipinski definition) is 4. The highest BCUT2D eigenvalue weighted by Gasteiger charge is 2.34. The number of rotatable bonds is 4. The van der Waals surface area contributed by atoms with Crippen LogP contribution in [-0.4, -0.2) is 19.3 Å². The van der Waals surface area contributed by atoms with Gasteiger partial charge in [-0.3, -0.25) is 19.6 Å². The Morgan fingerprint density at radius 3 is 2.62 bits per heavy atom. The van der Waals surface area contributed by atoms with Gasteiger partial charge < -0.3 is 4.57 Å². The fraction of sp³-hybridized carbons (Fsp3) is 0.273. The van der Waals surface area contributed by atoms with Crippen LogP contribution in [0.15, 0.2) is 35.5 Å². The quantitative estimate of drug-likeness (QED) is 0.635. The molecule has 0 saturated heterocycles. The Labute approximate surface area is 115 Å². The zero-order valence-corrected chi connectivity index (χ0v) is 10.4. The molecule has 0 aromatic carbocycles. The molecule has 0 aliphatic heterocycles. The Bertz CT molecular complexity index is 720. The second-order valence-corrected chi connectivity index (χ2v) is 4.14. The lowest BCUT2D eigenvalue weighted by molar-refractivity contribution is -0.385. The van der Waals surface area contributed by atoms with Gasteiger partial charge in [0.25, 0.3) is 5.56 Å². The first-order chi connectivity index (χ1) is 9.79. The van der Waals surface area contributed by atoms with E-state index in [0.29, 0.717) is 6.07 Å². The maximum Gasteiger partial charge on any atom is 0.421 e. The minimum atomic E-state index is -4.72. The van der Waals surface area contributed by atoms with E-state index in [1.807, 2.05) is 0 Å². The van der Waals surface area contributed by atoms with Crippen LogP contribution in [0.3, 0.4) is 0 Å². The smallest absolute Gasteiger partial charge is 0.313 e. The van der Waals surface area contributed by atoms with Gasteiger partial charge in [-0.2, -0.15) is 18.3 Å². The van der Waals surface area contributed by atoms with Crippen LogP contribution >= 0.6 is 0 Å². The van der Waals surface area contributed by atoms with E-state index in [2.05, 4.69) is 5.10 Å². The van der Waals surface area contributed by atoms with Gasteiger partial charge in [-0.05, 0) is 12.1 Å². The molecule has 0 aliphatic carbocycles. The molecule has 0 bridgehead atoms. The van der Waals surface area contributed by atoms with E-state index in [0.717, 1.165) is 23.0 Å². The Kier molecular flexibility index (Phi) is 3.78. The summed E-state index contributed by atoms with van der Waals surface area (Å²) in [4.78, 5) is 21.5. The van der Waals surface area contributed by atoms with Crippen molar-refractivity contribution >= 4 is 5.69 Å². The van der Waals surface area contributed by atoms with Gasteiger partial charge in [0.1, 0.15) is 18.0 Å². The molecule has 7 nitrogen and oxygen atoms in total. The number of alkyl halides is 3. The summed E-state index contributed by atoms with van der Waals surface area (Å²) in [5, 5.41) is 14.2. The van der Waals surface area contributed by atoms with Crippen molar-refractivity contribution in [1.29, 1.82) is 0 Å². The maximum absolute atomic E-state index is 12.6. The Balaban J connectivity index is 2.17. The lowest BCUT2D eigenvalue weighted by Crippen LogP contribution is -2.29. The van der Waals surface area contributed by atoms with Crippen LogP contribution < -0.4 is 5.56 Å². The van der Waals surface area contributed by atoms with Gasteiger partial charge in [0.2, 0.25) is 0 Å². The minimum Gasteiger partial charge on any atom is -0.313 e. The second kappa shape index (κ2) is 5.38. The van der Waals surface area contributed by atoms with E-state index < -0.39 is 22.2 Å². The first-order valence-electron chi connectivity index (χ1n) is 5.72. The first kappa shape index (κ1) is 14.8. The molecule has 0 saturated carbocycles. The highest BCUT2D eigenvalue weighted by molar-refractivity contribution is 5.20. The van der Waals surface area contributed by atoms with Crippen LogP contribution in [-0.2, 0) is 19.3 Å². The van der Waals surface area contributed by atoms with E-state index in [-0.39, 0.29) is 18.8 Å². The number of aryl methyl sites for hydroxylation is 2. The average Bonchev–Trinajstić information content (AvgIpc) is 2.85. The number of pyridine rings is 1. The van der Waals surface area contributed by atoms with Gasteiger partial charge >= 0.3 is 11.9 Å². The summed E-state index contributed by atoms with van der Waals surface area (Å²) in [6.07, 6.45) is -1.34. The van der Waals surface area contributed by atoms with Gasteiger partial charge in [0, 0.05) is 12.7 Å². The molecule has 0 unspecified atom stereocenters. The summed E-state index contributed by atoms with van der Waals surface area (Å²) < 4.78 is 39.8. The molecule has 0 atom stereocenters. The van der Waals surface area contributed by atoms with Crippen molar-refractivity contribution in [3.63, 3.8) is 0 Å². The lowest BCUT2D eigenvalue weighted by Gasteiger charge is -2.10. The molecule has 0 aliphatic rings. The van der Waals surface area contributed by atoms with Gasteiger partial charge in [0.05, 0.1) is 11.5 Å². The average molecular weight is 302 g/mol. The highest BCUT2D eigenvalue weighted by atomic mass is 19.4. The van der Waals surface area contributed by atoms with E-state index in [1.54, 1.807) is 0 Å². The van der Waals surface area contributed by atoms with Crippen LogP contribution in [0.5, 0.6) is 0 Å². The monoisotopic (exact) mass is 302 g/mol. The first-order valence-corrected chi connectivity index (χ1v) is 5.72. The molecular weight excluding hydrogens is 293 g/mol. The fourth-order valence-corrected chi connectivity index (χ4v) is 1.71. The normalized spacial score (nSPS) is 11.6. The molecule has 0 N–H and O–H groups in total. The maximum atomic E-state index is 12.6. The summed E-state index contributed by atoms with van der Waals surface area (Å²) in [7, 11) is 0. The van der Waals surface area contributed by atoms with Gasteiger partial charge in [0.15, 0.2) is 0 Å². The summed E-state index contributed by atoms with van der Waals surface area (Å²) in [5.74, 6) is 0. The molecule has 2 rings (SSSR count). The predicted octanol–water partition coefficient (Wildman–Crippen LogP) is 1.67. The van der Waals surface area contributed by atoms with Crippen molar-refractivity contribution in [2.45, 2.75) is 19.3 Å². The Hall–Kier alpha value is -2.65. The topological polar surface area (TPSA) is 83.0 Å². The molecule has 21 heavy (non-hydrogen) atoms. The predicted molar refractivity (Wildman–Crippen MR) is 64.6 cm³/mol. The SMILES string of the molecule is O=c1c(C(F)(F)F)cccn1CCn1cc([N+](=O)[O-])cn1. The van der Waals surface area contributed by atoms with E-state index >= 15 is 0 Å². The molecule has 0 amide bonds. The van der Waals surface area contributed by atoms with Crippen LogP contribution in [0.25, 0.3) is 0 Å². The van der Waals surface area contributed by atoms with Gasteiger partial charge in [-0.25, -0.2) is 0 Å². The Morgan fingerprint density at radius 1 is 1.33 bits per heavy atom. The van der Waals surface area contributed by atoms with Crippen molar-refractivity contribution in [3.8, 4) is 0 Å². The summed E-state index contributed by atoms with van der Waals surface area (Å²) >= 11 is 0. The zero-order valence-electron chi connectivity index (χ0n) is 10.4. The van der Waals surface area contributed by atoms with Gasteiger partial charge in [-0.1, -0.05) is 0 Å². The van der Waals surface area contributed by atoms with Crippen molar-refractivity contribution < 1.29 is 18.1 Å². The molecule has 2 heterocycles. The molecular formula is C11H9F3N4O3. The molecule has 0 spiro atoms. The minimum absolute atomic E-state index is 0.0368. The third-order valence-electron chi connectivity index (χ3n) is 2.73. The third kappa shape index (κ3) is 3.27. The number of aromatic nitrogens is 3. The fourth-order valence-electron chi connectivity index (χ4n) is 1.71. The standard InChI is InChI=1S/C11H9F3N4O3/c12-11(13,14)9-2-1-3-16(10(9)19)4-5-17-7-8(6-15-17)18(20)21/h1-3,6-7H,4-5H2. The molecule has 2 aromatic heterocycles. The molecule has 0 radical (unpaired) electrons. The number of hydrogen-bond donors (Lipinski definition) is 0. The van der Waals surface area contributed by atoms with Crippen molar-refractivity contribution in [3.05, 3.63) is 56.8 Å². The summed E-state index contributed by atoms with van der Waals surface area (Å²) in [6.45, 7) is -0.0450. The number of halogens is 3. The molecule has 112 valence electrons. The van der Waals surface area contributed by atoms with Crippen molar-refractivity contribution in [1.82, 2.24) is 14.3 Å². The van der Waals surface area contributed by atoms with E-state index in [9.17, 15) is 28.1 Å². The number of nitro groups is 1. The third-order valence-corrected chi connectivity index (χ3v) is 2.73. The molecule has 10 heteroatoms. The second-order valence-electron chi connectivity index (χ2n) is 4.14. The zero-order chi connectivity index (χ0) is 15.6. The number of nitrogens with zero attached hydrogens (tertiary/aromatic N) is 4. The van der Waals surface area contributed by atoms with Crippen molar-refractivity contribution in [2.75, 3.05) is 0 Å². The van der Waals surface area contributed by atoms with E-state index in [4.69, 9.17) is 0 Å². The summed E-state index contributed by atoms with van der Waals surface area (Å²) in [5.41, 5.74) is -2.64. The van der Waals surface area contributed by atoms with E-state index in [1.165, 1.54) is 10.9 Å². The summed E-state index contributed by atoms with van der Waals surface area (Å²) in [6, 6.07) is 1.83. The van der Waals surface area contributed by atoms with Crippen LogP contribution in [0.4, 0.5) is 18.9 Å².